The summed E-state index contributed by atoms with van der Waals surface area (Å²) in [7, 11) is 0. The van der Waals surface area contributed by atoms with Crippen LogP contribution >= 0.6 is 0 Å². The van der Waals surface area contributed by atoms with Gasteiger partial charge >= 0.3 is 0 Å². The zero-order chi connectivity index (χ0) is 21.6. The molecule has 4 rings (SSSR count). The average molecular weight is 412 g/mol. The van der Waals surface area contributed by atoms with Crippen molar-refractivity contribution in [3.05, 3.63) is 114 Å². The molecule has 0 aliphatic heterocycles. The van der Waals surface area contributed by atoms with Gasteiger partial charge in [0, 0.05) is 29.7 Å². The summed E-state index contributed by atoms with van der Waals surface area (Å²) >= 11 is 0. The fourth-order valence-corrected chi connectivity index (χ4v) is 3.87. The van der Waals surface area contributed by atoms with E-state index in [9.17, 15) is 4.79 Å². The normalized spacial score (nSPS) is 11.8. The third-order valence-electron chi connectivity index (χ3n) is 5.67. The van der Waals surface area contributed by atoms with Crippen LogP contribution in [0.5, 0.6) is 0 Å². The van der Waals surface area contributed by atoms with Crippen molar-refractivity contribution in [2.75, 3.05) is 5.32 Å². The number of imidazole rings is 1. The van der Waals surface area contributed by atoms with E-state index in [1.807, 2.05) is 53.5 Å². The van der Waals surface area contributed by atoms with Crippen molar-refractivity contribution in [1.29, 1.82) is 0 Å². The molecule has 1 atom stereocenters. The Morgan fingerprint density at radius 2 is 1.87 bits per heavy atom. The lowest BCUT2D eigenvalue weighted by Gasteiger charge is -2.21. The second-order valence-electron chi connectivity index (χ2n) is 7.77. The van der Waals surface area contributed by atoms with Crippen LogP contribution in [0.3, 0.4) is 0 Å². The van der Waals surface area contributed by atoms with Crippen molar-refractivity contribution in [3.63, 3.8) is 0 Å². The van der Waals surface area contributed by atoms with E-state index in [-0.39, 0.29) is 11.8 Å². The van der Waals surface area contributed by atoms with E-state index < -0.39 is 0 Å². The highest BCUT2D eigenvalue weighted by atomic mass is 16.1. The van der Waals surface area contributed by atoms with E-state index in [1.165, 1.54) is 16.7 Å². The van der Waals surface area contributed by atoms with Crippen LogP contribution in [0.1, 0.15) is 40.3 Å². The monoisotopic (exact) mass is 411 g/mol. The van der Waals surface area contributed by atoms with Crippen molar-refractivity contribution in [3.8, 4) is 0 Å². The largest absolute Gasteiger partial charge is 0.348 e. The first-order valence-corrected chi connectivity index (χ1v) is 10.5. The molecular weight excluding hydrogens is 384 g/mol. The Labute approximate surface area is 182 Å². The molecule has 0 aliphatic carbocycles. The number of hydrogen-bond donors (Lipinski definition) is 2. The molecule has 2 heterocycles. The fraction of sp³-hybridized carbons (Fsp3) is 0.192. The van der Waals surface area contributed by atoms with Crippen molar-refractivity contribution in [2.24, 2.45) is 0 Å². The lowest BCUT2D eigenvalue weighted by atomic mass is 9.85. The van der Waals surface area contributed by atoms with Crippen molar-refractivity contribution < 1.29 is 9.36 Å². The molecule has 0 saturated heterocycles. The van der Waals surface area contributed by atoms with Gasteiger partial charge in [-0.2, -0.15) is 0 Å². The maximum atomic E-state index is 12.5. The fourth-order valence-electron chi connectivity index (χ4n) is 3.87. The molecule has 0 aliphatic rings. The van der Waals surface area contributed by atoms with Gasteiger partial charge in [0.05, 0.1) is 18.7 Å². The second-order valence-corrected chi connectivity index (χ2v) is 7.77. The third kappa shape index (κ3) is 4.89. The zero-order valence-electron chi connectivity index (χ0n) is 17.9. The first kappa shape index (κ1) is 20.5. The predicted molar refractivity (Wildman–Crippen MR) is 122 cm³/mol. The van der Waals surface area contributed by atoms with Gasteiger partial charge in [0.1, 0.15) is 0 Å². The van der Waals surface area contributed by atoms with Crippen LogP contribution in [-0.2, 0) is 11.3 Å². The molecule has 31 heavy (non-hydrogen) atoms. The molecule has 4 aromatic rings. The smallest absolute Gasteiger partial charge is 0.230 e. The number of anilines is 1. The van der Waals surface area contributed by atoms with Crippen molar-refractivity contribution in [2.45, 2.75) is 32.7 Å². The van der Waals surface area contributed by atoms with Gasteiger partial charge in [0.25, 0.3) is 0 Å². The number of nitrogens with zero attached hydrogens (tertiary/aromatic N) is 2. The van der Waals surface area contributed by atoms with E-state index in [2.05, 4.69) is 59.5 Å². The number of H-pyrrole nitrogens is 1. The van der Waals surface area contributed by atoms with Gasteiger partial charge in [0.15, 0.2) is 18.9 Å². The number of hydrogen-bond acceptors (Lipinski definition) is 2. The number of carbonyl (C=O) groups is 1. The number of carbonyl (C=O) groups excluding carboxylic acids is 1. The third-order valence-corrected chi connectivity index (χ3v) is 5.67. The minimum Gasteiger partial charge on any atom is -0.348 e. The van der Waals surface area contributed by atoms with Crippen LogP contribution in [0.2, 0.25) is 0 Å². The van der Waals surface area contributed by atoms with Crippen LogP contribution in [0.25, 0.3) is 0 Å². The quantitative estimate of drug-likeness (QED) is 0.439. The van der Waals surface area contributed by atoms with Crippen molar-refractivity contribution >= 4 is 11.6 Å². The van der Waals surface area contributed by atoms with Crippen LogP contribution in [0.15, 0.2) is 85.6 Å². The molecule has 156 valence electrons. The molecule has 2 N–H and O–H groups in total. The molecule has 1 unspecified atom stereocenters. The summed E-state index contributed by atoms with van der Waals surface area (Å²) in [6, 6.07) is 20.4. The summed E-state index contributed by atoms with van der Waals surface area (Å²) in [4.78, 5) is 20.0. The standard InChI is InChI=1S/C26H26N4O/c1-19-8-6-11-23(20(19)2)26(24-17-27-18-28-24)21-9-7-10-22(16-21)29-25(31)12-15-30-13-4-3-5-14-30/h3-11,13-14,16-18,26H,12,15H2,1-2H3,(H-,27,28,29,31)/p+1. The topological polar surface area (TPSA) is 61.7 Å². The van der Waals surface area contributed by atoms with E-state index in [0.29, 0.717) is 13.0 Å². The van der Waals surface area contributed by atoms with Gasteiger partial charge in [-0.25, -0.2) is 9.55 Å². The number of benzene rings is 2. The molecule has 2 aromatic heterocycles. The van der Waals surface area contributed by atoms with E-state index in [0.717, 1.165) is 16.9 Å². The second kappa shape index (κ2) is 9.39. The van der Waals surface area contributed by atoms with Gasteiger partial charge < -0.3 is 10.3 Å². The zero-order valence-corrected chi connectivity index (χ0v) is 17.9. The van der Waals surface area contributed by atoms with Gasteiger partial charge in [-0.1, -0.05) is 36.4 Å². The van der Waals surface area contributed by atoms with Gasteiger partial charge in [-0.05, 0) is 48.2 Å². The van der Waals surface area contributed by atoms with Gasteiger partial charge in [-0.15, -0.1) is 0 Å². The highest BCUT2D eigenvalue weighted by Crippen LogP contribution is 2.34. The van der Waals surface area contributed by atoms with Crippen LogP contribution < -0.4 is 9.88 Å². The maximum Gasteiger partial charge on any atom is 0.230 e. The highest BCUT2D eigenvalue weighted by Gasteiger charge is 2.21. The highest BCUT2D eigenvalue weighted by molar-refractivity contribution is 5.90. The van der Waals surface area contributed by atoms with Crippen molar-refractivity contribution in [1.82, 2.24) is 9.97 Å². The van der Waals surface area contributed by atoms with Crippen LogP contribution in [0, 0.1) is 13.8 Å². The number of amides is 1. The first-order valence-electron chi connectivity index (χ1n) is 10.5. The number of aromatic amines is 1. The Kier molecular flexibility index (Phi) is 6.22. The molecule has 2 aromatic carbocycles. The minimum atomic E-state index is -0.00155. The summed E-state index contributed by atoms with van der Waals surface area (Å²) in [5.74, 6) is 0.0115. The predicted octanol–water partition coefficient (Wildman–Crippen LogP) is 4.52. The van der Waals surface area contributed by atoms with Crippen LogP contribution in [0.4, 0.5) is 5.69 Å². The Bertz CT molecular complexity index is 1150. The Hall–Kier alpha value is -3.73. The molecular formula is C26H27N4O+. The number of aryl methyl sites for hydroxylation is 2. The summed E-state index contributed by atoms with van der Waals surface area (Å²) in [5.41, 5.74) is 6.68. The molecule has 1 amide bonds. The SMILES string of the molecule is Cc1cccc(C(c2cccc(NC(=O)CC[n+]3ccccc3)c2)c2cnc[nH]2)c1C. The number of rotatable bonds is 7. The Morgan fingerprint density at radius 3 is 2.65 bits per heavy atom. The van der Waals surface area contributed by atoms with Crippen LogP contribution in [-0.4, -0.2) is 15.9 Å². The maximum absolute atomic E-state index is 12.5. The Balaban J connectivity index is 1.57. The van der Waals surface area contributed by atoms with E-state index in [1.54, 1.807) is 6.33 Å². The average Bonchev–Trinajstić information content (AvgIpc) is 3.31. The Morgan fingerprint density at radius 1 is 1.06 bits per heavy atom. The summed E-state index contributed by atoms with van der Waals surface area (Å²) < 4.78 is 2.00. The lowest BCUT2D eigenvalue weighted by Crippen LogP contribution is -2.34. The molecule has 0 fully saturated rings. The summed E-state index contributed by atoms with van der Waals surface area (Å²) in [5, 5.41) is 3.05. The molecule has 5 nitrogen and oxygen atoms in total. The molecule has 0 radical (unpaired) electrons. The number of pyridine rings is 1. The number of nitrogens with one attached hydrogen (secondary N) is 2. The van der Waals surface area contributed by atoms with E-state index >= 15 is 0 Å². The minimum absolute atomic E-state index is 0.00155. The molecule has 5 heteroatoms. The summed E-state index contributed by atoms with van der Waals surface area (Å²) in [6.45, 7) is 4.93. The molecule has 0 bridgehead atoms. The molecule has 0 spiro atoms. The van der Waals surface area contributed by atoms with E-state index in [4.69, 9.17) is 0 Å². The number of aromatic nitrogens is 3. The molecule has 0 saturated carbocycles. The van der Waals surface area contributed by atoms with Gasteiger partial charge in [-0.3, -0.25) is 4.79 Å². The van der Waals surface area contributed by atoms with Gasteiger partial charge in [0.2, 0.25) is 5.91 Å². The summed E-state index contributed by atoms with van der Waals surface area (Å²) in [6.07, 6.45) is 7.93. The first-order chi connectivity index (χ1) is 15.1. The lowest BCUT2D eigenvalue weighted by molar-refractivity contribution is -0.695.